The lowest BCUT2D eigenvalue weighted by atomic mass is 10.0. The Morgan fingerprint density at radius 3 is 1.73 bits per heavy atom. The predicted molar refractivity (Wildman–Crippen MR) is 94.4 cm³/mol. The van der Waals surface area contributed by atoms with Gasteiger partial charge in [-0.15, -0.1) is 0 Å². The van der Waals surface area contributed by atoms with E-state index in [1.54, 1.807) is 18.2 Å². The molecule has 0 N–H and O–H groups in total. The van der Waals surface area contributed by atoms with Crippen LogP contribution >= 0.6 is 58.0 Å². The van der Waals surface area contributed by atoms with Crippen molar-refractivity contribution in [3.05, 3.63) is 67.3 Å². The van der Waals surface area contributed by atoms with E-state index in [2.05, 4.69) is 0 Å². The maximum atomic E-state index is 13.2. The third-order valence-corrected chi connectivity index (χ3v) is 5.58. The Morgan fingerprint density at radius 1 is 0.591 bits per heavy atom. The maximum Gasteiger partial charge on any atom is 0.123 e. The highest BCUT2D eigenvalue weighted by Crippen LogP contribution is 2.48. The maximum absolute atomic E-state index is 13.2. The van der Waals surface area contributed by atoms with E-state index < -0.39 is 0 Å². The molecule has 0 aromatic heterocycles. The summed E-state index contributed by atoms with van der Waals surface area (Å²) in [5, 5.41) is 2.46. The summed E-state index contributed by atoms with van der Waals surface area (Å²) in [6.07, 6.45) is 0. The predicted octanol–water partition coefficient (Wildman–Crippen LogP) is 7.91. The largest absolute Gasteiger partial charge is 0.207 e. The molecule has 3 rings (SSSR count). The molecule has 0 aliphatic rings. The lowest BCUT2D eigenvalue weighted by molar-refractivity contribution is 0.630. The summed E-state index contributed by atoms with van der Waals surface area (Å²) in [5.41, 5.74) is 1.21. The Morgan fingerprint density at radius 2 is 1.09 bits per heavy atom. The second kappa shape index (κ2) is 6.07. The van der Waals surface area contributed by atoms with Crippen LogP contribution in [0.1, 0.15) is 0 Å². The monoisotopic (exact) mass is 392 g/mol. The molecule has 0 spiro atoms. The minimum atomic E-state index is -0.297. The van der Waals surface area contributed by atoms with Crippen LogP contribution < -0.4 is 0 Å². The van der Waals surface area contributed by atoms with Gasteiger partial charge in [0.05, 0.1) is 25.1 Å². The van der Waals surface area contributed by atoms with Crippen LogP contribution in [0, 0.1) is 5.82 Å². The van der Waals surface area contributed by atoms with Gasteiger partial charge in [-0.2, -0.15) is 0 Å². The van der Waals surface area contributed by atoms with E-state index in [0.29, 0.717) is 5.56 Å². The molecule has 0 nitrogen and oxygen atoms in total. The van der Waals surface area contributed by atoms with Crippen LogP contribution in [0.2, 0.25) is 25.1 Å². The van der Waals surface area contributed by atoms with Gasteiger partial charge in [-0.3, -0.25) is 0 Å². The van der Waals surface area contributed by atoms with Crippen LogP contribution in [0.3, 0.4) is 0 Å². The van der Waals surface area contributed by atoms with Crippen LogP contribution in [0.4, 0.5) is 4.39 Å². The third-order valence-electron chi connectivity index (χ3n) is 3.30. The van der Waals surface area contributed by atoms with Gasteiger partial charge in [0.25, 0.3) is 0 Å². The van der Waals surface area contributed by atoms with Gasteiger partial charge in [0, 0.05) is 5.56 Å². The first-order valence-corrected chi connectivity index (χ1v) is 8.00. The van der Waals surface area contributed by atoms with Crippen LogP contribution in [-0.4, -0.2) is 0 Å². The fourth-order valence-corrected chi connectivity index (χ4v) is 3.59. The summed E-state index contributed by atoms with van der Waals surface area (Å²) < 4.78 is 13.2. The molecule has 6 heteroatoms. The van der Waals surface area contributed by atoms with E-state index in [1.807, 2.05) is 6.07 Å². The average molecular weight is 394 g/mol. The summed E-state index contributed by atoms with van der Waals surface area (Å²) in [7, 11) is 0. The van der Waals surface area contributed by atoms with E-state index >= 15 is 0 Å². The zero-order valence-electron chi connectivity index (χ0n) is 10.7. The molecule has 0 amide bonds. The number of benzene rings is 3. The van der Waals surface area contributed by atoms with E-state index in [9.17, 15) is 4.39 Å². The summed E-state index contributed by atoms with van der Waals surface area (Å²) >= 11 is 30.7. The molecular weight excluding hydrogens is 388 g/mol. The molecule has 0 unspecified atom stereocenters. The van der Waals surface area contributed by atoms with E-state index in [1.165, 1.54) is 12.1 Å². The van der Waals surface area contributed by atoms with Crippen molar-refractivity contribution in [3.63, 3.8) is 0 Å². The van der Waals surface area contributed by atoms with Crippen molar-refractivity contribution in [2.75, 3.05) is 0 Å². The van der Waals surface area contributed by atoms with Gasteiger partial charge in [0.15, 0.2) is 0 Å². The lowest BCUT2D eigenvalue weighted by Gasteiger charge is -2.13. The number of rotatable bonds is 1. The van der Waals surface area contributed by atoms with E-state index in [0.717, 1.165) is 16.3 Å². The third kappa shape index (κ3) is 2.66. The van der Waals surface area contributed by atoms with E-state index in [-0.39, 0.29) is 30.9 Å². The number of hydrogen-bond donors (Lipinski definition) is 0. The molecule has 0 heterocycles. The molecule has 0 aliphatic heterocycles. The van der Waals surface area contributed by atoms with Gasteiger partial charge in [0.2, 0.25) is 0 Å². The molecule has 22 heavy (non-hydrogen) atoms. The van der Waals surface area contributed by atoms with Crippen LogP contribution in [-0.2, 0) is 0 Å². The Balaban J connectivity index is 2.30. The minimum absolute atomic E-state index is 0.116. The second-order valence-electron chi connectivity index (χ2n) is 4.65. The smallest absolute Gasteiger partial charge is 0.123 e. The van der Waals surface area contributed by atoms with Crippen molar-refractivity contribution < 1.29 is 4.39 Å². The highest BCUT2D eigenvalue weighted by Gasteiger charge is 2.20. The Kier molecular flexibility index (Phi) is 4.46. The topological polar surface area (TPSA) is 0 Å². The normalized spacial score (nSPS) is 11.2. The summed E-state index contributed by atoms with van der Waals surface area (Å²) in [5.74, 6) is -0.297. The first-order chi connectivity index (χ1) is 10.4. The zero-order chi connectivity index (χ0) is 16.0. The SMILES string of the molecule is Fc1ccc2cc(-c3c(Cl)c(Cl)c(Cl)c(Cl)c3Cl)ccc2c1. The Labute approximate surface area is 151 Å². The first-order valence-electron chi connectivity index (χ1n) is 6.11. The molecule has 0 radical (unpaired) electrons. The van der Waals surface area contributed by atoms with E-state index in [4.69, 9.17) is 58.0 Å². The molecule has 3 aromatic rings. The van der Waals surface area contributed by atoms with Gasteiger partial charge in [-0.25, -0.2) is 4.39 Å². The van der Waals surface area contributed by atoms with Crippen molar-refractivity contribution in [1.29, 1.82) is 0 Å². The summed E-state index contributed by atoms with van der Waals surface area (Å²) in [4.78, 5) is 0. The van der Waals surface area contributed by atoms with Crippen LogP contribution in [0.15, 0.2) is 36.4 Å². The summed E-state index contributed by atoms with van der Waals surface area (Å²) in [6, 6.07) is 9.89. The highest BCUT2D eigenvalue weighted by molar-refractivity contribution is 6.56. The quantitative estimate of drug-likeness (QED) is 0.290. The number of hydrogen-bond acceptors (Lipinski definition) is 0. The van der Waals surface area contributed by atoms with Crippen molar-refractivity contribution >= 4 is 68.8 Å². The Hall–Kier alpha value is -0.700. The standard InChI is InChI=1S/C16H6Cl5F/c17-12-11(13(18)15(20)16(21)14(12)19)9-2-1-8-6-10(22)4-3-7(8)5-9/h1-6H. The molecule has 3 aromatic carbocycles. The van der Waals surface area contributed by atoms with Crippen molar-refractivity contribution in [2.45, 2.75) is 0 Å². The van der Waals surface area contributed by atoms with Crippen LogP contribution in [0.5, 0.6) is 0 Å². The first kappa shape index (κ1) is 16.2. The highest BCUT2D eigenvalue weighted by atomic mass is 35.5. The molecule has 0 atom stereocenters. The fraction of sp³-hybridized carbons (Fsp3) is 0. The number of halogens is 6. The second-order valence-corrected chi connectivity index (χ2v) is 6.54. The molecule has 0 fully saturated rings. The minimum Gasteiger partial charge on any atom is -0.207 e. The number of fused-ring (bicyclic) bond motifs is 1. The van der Waals surface area contributed by atoms with Crippen molar-refractivity contribution in [3.8, 4) is 11.1 Å². The van der Waals surface area contributed by atoms with Gasteiger partial charge >= 0.3 is 0 Å². The molecular formula is C16H6Cl5F. The molecule has 0 saturated carbocycles. The zero-order valence-corrected chi connectivity index (χ0v) is 14.5. The Bertz CT molecular complexity index is 876. The van der Waals surface area contributed by atoms with Gasteiger partial charge in [0.1, 0.15) is 5.82 Å². The van der Waals surface area contributed by atoms with Crippen molar-refractivity contribution in [1.82, 2.24) is 0 Å². The fourth-order valence-electron chi connectivity index (χ4n) is 2.23. The van der Waals surface area contributed by atoms with Gasteiger partial charge < -0.3 is 0 Å². The molecule has 0 bridgehead atoms. The average Bonchev–Trinajstić information content (AvgIpc) is 2.51. The molecule has 0 saturated heterocycles. The summed E-state index contributed by atoms with van der Waals surface area (Å²) in [6.45, 7) is 0. The van der Waals surface area contributed by atoms with Gasteiger partial charge in [-0.1, -0.05) is 76.2 Å². The van der Waals surface area contributed by atoms with Crippen LogP contribution in [0.25, 0.3) is 21.9 Å². The molecule has 0 aliphatic carbocycles. The lowest BCUT2D eigenvalue weighted by Crippen LogP contribution is -1.87. The van der Waals surface area contributed by atoms with Gasteiger partial charge in [-0.05, 0) is 34.5 Å². The van der Waals surface area contributed by atoms with Crippen molar-refractivity contribution in [2.24, 2.45) is 0 Å². The molecule has 112 valence electrons.